The number of benzene rings is 2. The van der Waals surface area contributed by atoms with Gasteiger partial charge in [-0.2, -0.15) is 13.2 Å². The number of hydrogen-bond acceptors (Lipinski definition) is 2. The van der Waals surface area contributed by atoms with Gasteiger partial charge < -0.3 is 11.1 Å². The number of alkyl halides is 3. The average Bonchev–Trinajstić information content (AvgIpc) is 3.34. The van der Waals surface area contributed by atoms with Crippen molar-refractivity contribution >= 4 is 0 Å². The van der Waals surface area contributed by atoms with E-state index in [-0.39, 0.29) is 0 Å². The van der Waals surface area contributed by atoms with Crippen LogP contribution in [-0.4, -0.2) is 12.6 Å². The van der Waals surface area contributed by atoms with Crippen LogP contribution in [0.25, 0.3) is 0 Å². The standard InChI is InChI=1S/C20H20F5N2/c21-16-8-13(9-17(22)12-16)10-18(26)4-7-27-19(5-6-19)14-2-1-3-15(11-14)20(23,24)25/h1-3,8-12,18,27H,4-7,26H2/t18-/m1/s1. The van der Waals surface area contributed by atoms with Crippen LogP contribution in [0.2, 0.25) is 0 Å². The van der Waals surface area contributed by atoms with Crippen LogP contribution >= 0.6 is 0 Å². The first kappa shape index (κ1) is 19.8. The lowest BCUT2D eigenvalue weighted by Gasteiger charge is -2.21. The lowest BCUT2D eigenvalue weighted by atomic mass is 10.0. The first-order valence-corrected chi connectivity index (χ1v) is 8.67. The Bertz CT molecular complexity index is 779. The summed E-state index contributed by atoms with van der Waals surface area (Å²) in [5.74, 6) is -1.35. The van der Waals surface area contributed by atoms with Crippen molar-refractivity contribution in [3.05, 3.63) is 77.2 Å². The summed E-state index contributed by atoms with van der Waals surface area (Å²) >= 11 is 0. The summed E-state index contributed by atoms with van der Waals surface area (Å²) in [6, 6.07) is 8.09. The highest BCUT2D eigenvalue weighted by atomic mass is 19.4. The average molecular weight is 383 g/mol. The van der Waals surface area contributed by atoms with Gasteiger partial charge in [-0.3, -0.25) is 0 Å². The van der Waals surface area contributed by atoms with Gasteiger partial charge in [0.15, 0.2) is 0 Å². The lowest BCUT2D eigenvalue weighted by molar-refractivity contribution is -0.137. The van der Waals surface area contributed by atoms with Crippen molar-refractivity contribution in [1.82, 2.24) is 5.32 Å². The van der Waals surface area contributed by atoms with E-state index in [2.05, 4.69) is 5.32 Å². The van der Waals surface area contributed by atoms with Crippen LogP contribution in [0.1, 0.15) is 36.0 Å². The molecule has 2 aromatic rings. The molecule has 3 N–H and O–H groups in total. The van der Waals surface area contributed by atoms with Crippen LogP contribution in [-0.2, 0) is 11.7 Å². The zero-order valence-electron chi connectivity index (χ0n) is 14.5. The minimum absolute atomic E-state index is 0.360. The van der Waals surface area contributed by atoms with Crippen molar-refractivity contribution in [2.45, 2.75) is 37.0 Å². The highest BCUT2D eigenvalue weighted by molar-refractivity contribution is 5.35. The molecule has 1 atom stereocenters. The zero-order valence-corrected chi connectivity index (χ0v) is 14.5. The Labute approximate surface area is 154 Å². The third kappa shape index (κ3) is 5.05. The van der Waals surface area contributed by atoms with E-state index in [0.717, 1.165) is 25.0 Å². The molecule has 1 saturated carbocycles. The Morgan fingerprint density at radius 3 is 2.33 bits per heavy atom. The molecule has 1 radical (unpaired) electrons. The van der Waals surface area contributed by atoms with E-state index < -0.39 is 35.0 Å². The molecule has 1 aliphatic carbocycles. The van der Waals surface area contributed by atoms with Crippen LogP contribution in [0, 0.1) is 18.1 Å². The maximum absolute atomic E-state index is 13.2. The smallest absolute Gasteiger partial charge is 0.327 e. The molecule has 0 aliphatic heterocycles. The zero-order chi connectivity index (χ0) is 19.7. The monoisotopic (exact) mass is 383 g/mol. The molecule has 0 heterocycles. The van der Waals surface area contributed by atoms with E-state index in [1.807, 2.05) is 0 Å². The fourth-order valence-electron chi connectivity index (χ4n) is 3.17. The summed E-state index contributed by atoms with van der Waals surface area (Å²) in [6.07, 6.45) is -0.815. The number of nitrogens with one attached hydrogen (secondary N) is 1. The highest BCUT2D eigenvalue weighted by Gasteiger charge is 2.44. The van der Waals surface area contributed by atoms with E-state index in [4.69, 9.17) is 5.73 Å². The lowest BCUT2D eigenvalue weighted by Crippen LogP contribution is -2.34. The van der Waals surface area contributed by atoms with Crippen LogP contribution in [0.15, 0.2) is 42.5 Å². The maximum Gasteiger partial charge on any atom is 0.416 e. The van der Waals surface area contributed by atoms with Gasteiger partial charge in [0.1, 0.15) is 11.6 Å². The van der Waals surface area contributed by atoms with Gasteiger partial charge in [0.25, 0.3) is 0 Å². The summed E-state index contributed by atoms with van der Waals surface area (Å²) in [7, 11) is 0. The van der Waals surface area contributed by atoms with Crippen LogP contribution in [0.5, 0.6) is 0 Å². The van der Waals surface area contributed by atoms with Crippen LogP contribution in [0.3, 0.4) is 0 Å². The summed E-state index contributed by atoms with van der Waals surface area (Å²) in [6.45, 7) is 0.478. The van der Waals surface area contributed by atoms with Gasteiger partial charge in [-0.05, 0) is 61.2 Å². The van der Waals surface area contributed by atoms with Crippen molar-refractivity contribution in [2.75, 3.05) is 6.54 Å². The number of halogens is 5. The minimum atomic E-state index is -4.37. The molecular weight excluding hydrogens is 363 g/mol. The largest absolute Gasteiger partial charge is 0.416 e. The number of rotatable bonds is 7. The molecular formula is C20H20F5N2. The third-order valence-electron chi connectivity index (χ3n) is 4.72. The maximum atomic E-state index is 13.2. The Morgan fingerprint density at radius 1 is 1.07 bits per heavy atom. The van der Waals surface area contributed by atoms with Crippen molar-refractivity contribution in [2.24, 2.45) is 5.73 Å². The first-order chi connectivity index (χ1) is 12.7. The van der Waals surface area contributed by atoms with Gasteiger partial charge in [-0.15, -0.1) is 0 Å². The second-order valence-electron chi connectivity index (χ2n) is 6.91. The second-order valence-corrected chi connectivity index (χ2v) is 6.91. The Kier molecular flexibility index (Phi) is 5.53. The van der Waals surface area contributed by atoms with Gasteiger partial charge in [0.05, 0.1) is 5.56 Å². The topological polar surface area (TPSA) is 38.0 Å². The molecule has 145 valence electrons. The fraction of sp³-hybridized carbons (Fsp3) is 0.350. The molecule has 0 amide bonds. The summed E-state index contributed by atoms with van der Waals surface area (Å²) in [4.78, 5) is 0. The molecule has 0 unspecified atom stereocenters. The highest BCUT2D eigenvalue weighted by Crippen LogP contribution is 2.46. The number of nitrogens with two attached hydrogens (primary N) is 1. The molecule has 2 aromatic carbocycles. The SMILES string of the molecule is N[C@@H]([CH]c1cc(F)cc(F)c1)CCNC1(c2cccc(C(F)(F)F)c2)CC1. The van der Waals surface area contributed by atoms with Crippen molar-refractivity contribution < 1.29 is 22.0 Å². The Morgan fingerprint density at radius 2 is 1.74 bits per heavy atom. The molecule has 0 saturated heterocycles. The van der Waals surface area contributed by atoms with E-state index >= 15 is 0 Å². The Hall–Kier alpha value is -1.99. The molecule has 0 aromatic heterocycles. The van der Waals surface area contributed by atoms with E-state index in [1.165, 1.54) is 24.3 Å². The van der Waals surface area contributed by atoms with Gasteiger partial charge in [0.2, 0.25) is 0 Å². The quantitative estimate of drug-likeness (QED) is 0.690. The molecule has 27 heavy (non-hydrogen) atoms. The summed E-state index contributed by atoms with van der Waals surface area (Å²) in [5, 5.41) is 3.29. The van der Waals surface area contributed by atoms with Gasteiger partial charge in [-0.25, -0.2) is 8.78 Å². The molecule has 1 aliphatic rings. The summed E-state index contributed by atoms with van der Waals surface area (Å²) < 4.78 is 65.1. The Balaban J connectivity index is 1.55. The molecule has 0 bridgehead atoms. The van der Waals surface area contributed by atoms with E-state index in [9.17, 15) is 22.0 Å². The van der Waals surface area contributed by atoms with Crippen molar-refractivity contribution in [1.29, 1.82) is 0 Å². The predicted octanol–water partition coefficient (Wildman–Crippen LogP) is 4.53. The van der Waals surface area contributed by atoms with Crippen molar-refractivity contribution in [3.8, 4) is 0 Å². The van der Waals surface area contributed by atoms with Gasteiger partial charge in [0, 0.05) is 24.1 Å². The van der Waals surface area contributed by atoms with Crippen LogP contribution < -0.4 is 11.1 Å². The molecule has 1 fully saturated rings. The second kappa shape index (κ2) is 7.56. The number of hydrogen-bond donors (Lipinski definition) is 2. The summed E-state index contributed by atoms with van der Waals surface area (Å²) in [5.41, 5.74) is 5.85. The molecule has 7 heteroatoms. The third-order valence-corrected chi connectivity index (χ3v) is 4.72. The fourth-order valence-corrected chi connectivity index (χ4v) is 3.17. The molecule has 3 rings (SSSR count). The first-order valence-electron chi connectivity index (χ1n) is 8.67. The molecule has 2 nitrogen and oxygen atoms in total. The van der Waals surface area contributed by atoms with Gasteiger partial charge >= 0.3 is 6.18 Å². The van der Waals surface area contributed by atoms with E-state index in [0.29, 0.717) is 24.1 Å². The van der Waals surface area contributed by atoms with E-state index in [1.54, 1.807) is 12.5 Å². The molecule has 0 spiro atoms. The van der Waals surface area contributed by atoms with Gasteiger partial charge in [-0.1, -0.05) is 12.1 Å². The normalized spacial score (nSPS) is 17.0. The van der Waals surface area contributed by atoms with Crippen molar-refractivity contribution in [3.63, 3.8) is 0 Å². The minimum Gasteiger partial charge on any atom is -0.327 e. The predicted molar refractivity (Wildman–Crippen MR) is 92.7 cm³/mol. The van der Waals surface area contributed by atoms with Crippen LogP contribution in [0.4, 0.5) is 22.0 Å².